The summed E-state index contributed by atoms with van der Waals surface area (Å²) in [6.07, 6.45) is 2.06. The maximum Gasteiger partial charge on any atom is 0.251 e. The molecule has 3 heterocycles. The minimum atomic E-state index is -0.235. The highest BCUT2D eigenvalue weighted by molar-refractivity contribution is 5.81. The molecule has 156 valence electrons. The molecule has 1 N–H and O–H groups in total. The van der Waals surface area contributed by atoms with Crippen LogP contribution in [0.15, 0.2) is 6.07 Å². The molecule has 1 aromatic heterocycles. The topological polar surface area (TPSA) is 79.7 Å². The van der Waals surface area contributed by atoms with Gasteiger partial charge in [-0.1, -0.05) is 0 Å². The number of nitrogens with zero attached hydrogens (tertiary/aromatic N) is 4. The molecular weight excluding hydrogens is 358 g/mol. The van der Waals surface area contributed by atoms with E-state index in [9.17, 15) is 9.59 Å². The fourth-order valence-electron chi connectivity index (χ4n) is 3.94. The molecule has 0 spiro atoms. The molecule has 2 aliphatic rings. The Morgan fingerprint density at radius 2 is 2.04 bits per heavy atom. The number of ether oxygens (including phenoxy) is 1. The first-order valence-electron chi connectivity index (χ1n) is 10.4. The predicted molar refractivity (Wildman–Crippen MR) is 106 cm³/mol. The van der Waals surface area contributed by atoms with Crippen LogP contribution in [0.4, 0.5) is 0 Å². The molecule has 28 heavy (non-hydrogen) atoms. The molecule has 2 fully saturated rings. The third-order valence-electron chi connectivity index (χ3n) is 5.50. The number of hydrogen-bond acceptors (Lipinski definition) is 5. The third kappa shape index (κ3) is 5.54. The van der Waals surface area contributed by atoms with Crippen molar-refractivity contribution in [2.24, 2.45) is 0 Å². The number of carbonyl (C=O) groups excluding carboxylic acids is 2. The Hall–Kier alpha value is -1.93. The summed E-state index contributed by atoms with van der Waals surface area (Å²) in [6, 6.07) is 2.07. The van der Waals surface area contributed by atoms with Crippen molar-refractivity contribution >= 4 is 11.8 Å². The standard InChI is InChI=1S/C20H33N5O3/c1-15-13-17(3)25(22-15)14-16(2)21-19(26)6-7-23-8-10-24(11-9-23)20(27)18-5-4-12-28-18/h13,16,18H,4-12,14H2,1-3H3,(H,21,26)/t16-,18+/m1/s1. The van der Waals surface area contributed by atoms with E-state index < -0.39 is 0 Å². The van der Waals surface area contributed by atoms with Crippen LogP contribution in [0.3, 0.4) is 0 Å². The molecule has 2 atom stereocenters. The molecule has 0 unspecified atom stereocenters. The Labute approximate surface area is 167 Å². The van der Waals surface area contributed by atoms with Crippen LogP contribution in [0.25, 0.3) is 0 Å². The van der Waals surface area contributed by atoms with Crippen molar-refractivity contribution < 1.29 is 14.3 Å². The van der Waals surface area contributed by atoms with E-state index in [4.69, 9.17) is 4.74 Å². The van der Waals surface area contributed by atoms with Gasteiger partial charge in [-0.05, 0) is 39.7 Å². The van der Waals surface area contributed by atoms with Gasteiger partial charge in [0.25, 0.3) is 5.91 Å². The lowest BCUT2D eigenvalue weighted by Crippen LogP contribution is -2.51. The predicted octanol–water partition coefficient (Wildman–Crippen LogP) is 0.718. The molecule has 2 aliphatic heterocycles. The molecule has 0 saturated carbocycles. The molecule has 3 rings (SSSR count). The second kappa shape index (κ2) is 9.52. The van der Waals surface area contributed by atoms with Crippen LogP contribution >= 0.6 is 0 Å². The summed E-state index contributed by atoms with van der Waals surface area (Å²) in [5.74, 6) is 0.194. The van der Waals surface area contributed by atoms with E-state index in [2.05, 4.69) is 15.3 Å². The van der Waals surface area contributed by atoms with Gasteiger partial charge < -0.3 is 15.0 Å². The Morgan fingerprint density at radius 3 is 2.64 bits per heavy atom. The van der Waals surface area contributed by atoms with Crippen LogP contribution in [-0.2, 0) is 20.9 Å². The Bertz CT molecular complexity index is 675. The monoisotopic (exact) mass is 391 g/mol. The summed E-state index contributed by atoms with van der Waals surface area (Å²) in [5.41, 5.74) is 2.10. The van der Waals surface area contributed by atoms with Gasteiger partial charge in [0.05, 0.1) is 12.2 Å². The van der Waals surface area contributed by atoms with E-state index in [0.29, 0.717) is 32.7 Å². The van der Waals surface area contributed by atoms with Gasteiger partial charge >= 0.3 is 0 Å². The van der Waals surface area contributed by atoms with Crippen molar-refractivity contribution in [1.82, 2.24) is 24.9 Å². The molecule has 2 saturated heterocycles. The van der Waals surface area contributed by atoms with Gasteiger partial charge in [0.2, 0.25) is 5.91 Å². The van der Waals surface area contributed by atoms with Gasteiger partial charge in [-0.25, -0.2) is 0 Å². The van der Waals surface area contributed by atoms with E-state index in [1.165, 1.54) is 0 Å². The second-order valence-corrected chi connectivity index (χ2v) is 8.00. The Morgan fingerprint density at radius 1 is 1.29 bits per heavy atom. The summed E-state index contributed by atoms with van der Waals surface area (Å²) in [5, 5.41) is 7.50. The minimum absolute atomic E-state index is 0.0337. The van der Waals surface area contributed by atoms with Crippen LogP contribution in [0.5, 0.6) is 0 Å². The van der Waals surface area contributed by atoms with Crippen LogP contribution in [-0.4, -0.2) is 82.9 Å². The fourth-order valence-corrected chi connectivity index (χ4v) is 3.94. The summed E-state index contributed by atoms with van der Waals surface area (Å²) >= 11 is 0. The summed E-state index contributed by atoms with van der Waals surface area (Å²) < 4.78 is 7.43. The lowest BCUT2D eigenvalue weighted by atomic mass is 10.2. The number of aromatic nitrogens is 2. The van der Waals surface area contributed by atoms with Gasteiger partial charge in [0.15, 0.2) is 0 Å². The summed E-state index contributed by atoms with van der Waals surface area (Å²) in [4.78, 5) is 28.8. The van der Waals surface area contributed by atoms with Crippen molar-refractivity contribution in [2.45, 2.75) is 58.7 Å². The molecule has 0 aliphatic carbocycles. The Kier molecular flexibility index (Phi) is 7.07. The number of hydrogen-bond donors (Lipinski definition) is 1. The smallest absolute Gasteiger partial charge is 0.251 e. The number of carbonyl (C=O) groups is 2. The maximum atomic E-state index is 12.4. The molecule has 8 nitrogen and oxygen atoms in total. The first-order chi connectivity index (χ1) is 13.4. The first kappa shape index (κ1) is 20.8. The number of aryl methyl sites for hydroxylation is 2. The zero-order chi connectivity index (χ0) is 20.1. The summed E-state index contributed by atoms with van der Waals surface area (Å²) in [6.45, 7) is 11.2. The highest BCUT2D eigenvalue weighted by Crippen LogP contribution is 2.16. The van der Waals surface area contributed by atoms with Gasteiger partial charge in [-0.3, -0.25) is 19.2 Å². The van der Waals surface area contributed by atoms with E-state index in [1.54, 1.807) is 0 Å². The van der Waals surface area contributed by atoms with Crippen LogP contribution in [0, 0.1) is 13.8 Å². The molecule has 0 bridgehead atoms. The van der Waals surface area contributed by atoms with E-state index >= 15 is 0 Å². The lowest BCUT2D eigenvalue weighted by molar-refractivity contribution is -0.142. The second-order valence-electron chi connectivity index (χ2n) is 8.00. The fraction of sp³-hybridized carbons (Fsp3) is 0.750. The van der Waals surface area contributed by atoms with Crippen molar-refractivity contribution in [2.75, 3.05) is 39.3 Å². The van der Waals surface area contributed by atoms with Gasteiger partial charge in [0, 0.05) is 57.5 Å². The van der Waals surface area contributed by atoms with Crippen molar-refractivity contribution in [3.63, 3.8) is 0 Å². The van der Waals surface area contributed by atoms with E-state index in [-0.39, 0.29) is 24.0 Å². The first-order valence-corrected chi connectivity index (χ1v) is 10.4. The van der Waals surface area contributed by atoms with Crippen LogP contribution in [0.1, 0.15) is 37.6 Å². The van der Waals surface area contributed by atoms with Crippen LogP contribution < -0.4 is 5.32 Å². The highest BCUT2D eigenvalue weighted by atomic mass is 16.5. The van der Waals surface area contributed by atoms with E-state index in [0.717, 1.165) is 43.9 Å². The normalized spacial score (nSPS) is 21.7. The number of nitrogens with one attached hydrogen (secondary N) is 1. The molecule has 0 aromatic carbocycles. The zero-order valence-electron chi connectivity index (χ0n) is 17.3. The number of amides is 2. The SMILES string of the molecule is Cc1cc(C)n(C[C@@H](C)NC(=O)CCN2CCN(C(=O)[C@@H]3CCCO3)CC2)n1. The average molecular weight is 392 g/mol. The molecule has 2 amide bonds. The van der Waals surface area contributed by atoms with Gasteiger partial charge in [-0.2, -0.15) is 5.10 Å². The number of piperazine rings is 1. The maximum absolute atomic E-state index is 12.4. The minimum Gasteiger partial charge on any atom is -0.368 e. The van der Waals surface area contributed by atoms with E-state index in [1.807, 2.05) is 36.4 Å². The highest BCUT2D eigenvalue weighted by Gasteiger charge is 2.30. The number of rotatable bonds is 7. The molecule has 0 radical (unpaired) electrons. The van der Waals surface area contributed by atoms with Crippen LogP contribution in [0.2, 0.25) is 0 Å². The Balaban J connectivity index is 1.34. The quantitative estimate of drug-likeness (QED) is 0.741. The van der Waals surface area contributed by atoms with Gasteiger partial charge in [0.1, 0.15) is 6.10 Å². The van der Waals surface area contributed by atoms with Crippen molar-refractivity contribution in [3.8, 4) is 0 Å². The molecule has 1 aromatic rings. The largest absolute Gasteiger partial charge is 0.368 e. The zero-order valence-corrected chi connectivity index (χ0v) is 17.3. The molecular formula is C20H33N5O3. The summed E-state index contributed by atoms with van der Waals surface area (Å²) in [7, 11) is 0. The van der Waals surface area contributed by atoms with Crippen molar-refractivity contribution in [1.29, 1.82) is 0 Å². The van der Waals surface area contributed by atoms with Gasteiger partial charge in [-0.15, -0.1) is 0 Å². The lowest BCUT2D eigenvalue weighted by Gasteiger charge is -2.35. The van der Waals surface area contributed by atoms with Crippen molar-refractivity contribution in [3.05, 3.63) is 17.5 Å². The average Bonchev–Trinajstić information content (AvgIpc) is 3.30. The third-order valence-corrected chi connectivity index (χ3v) is 5.50. The molecule has 8 heteroatoms.